The zero-order chi connectivity index (χ0) is 16.4. The van der Waals surface area contributed by atoms with Crippen molar-refractivity contribution < 1.29 is 9.84 Å². The summed E-state index contributed by atoms with van der Waals surface area (Å²) in [6, 6.07) is 4.27. The fraction of sp³-hybridized carbons (Fsp3) is 0.588. The molecule has 0 unspecified atom stereocenters. The van der Waals surface area contributed by atoms with Crippen LogP contribution in [0.3, 0.4) is 0 Å². The predicted octanol–water partition coefficient (Wildman–Crippen LogP) is 3.47. The molecule has 1 aromatic carbocycles. The summed E-state index contributed by atoms with van der Waals surface area (Å²) in [4.78, 5) is 3.59. The van der Waals surface area contributed by atoms with Gasteiger partial charge in [-0.05, 0) is 23.0 Å². The van der Waals surface area contributed by atoms with Gasteiger partial charge in [-0.25, -0.2) is 0 Å². The minimum Gasteiger partial charge on any atom is -0.566 e. The Kier molecular flexibility index (Phi) is 7.85. The van der Waals surface area contributed by atoms with E-state index in [1.165, 1.54) is 12.7 Å². The van der Waals surface area contributed by atoms with Crippen molar-refractivity contribution in [2.45, 2.75) is 39.5 Å². The maximum atomic E-state index is 11.6. The topological polar surface area (TPSA) is 44.7 Å². The van der Waals surface area contributed by atoms with Crippen LogP contribution in [0, 0.1) is 0 Å². The van der Waals surface area contributed by atoms with Crippen LogP contribution in [0.25, 0.3) is 0 Å². The number of aliphatic imine (C=N–C) groups is 1. The summed E-state index contributed by atoms with van der Waals surface area (Å²) in [5.74, 6) is 1.22. The van der Waals surface area contributed by atoms with Gasteiger partial charge in [-0.2, -0.15) is 0 Å². The quantitative estimate of drug-likeness (QED) is 0.324. The monoisotopic (exact) mass is 420 g/mol. The third kappa shape index (κ3) is 5.12. The lowest BCUT2D eigenvalue weighted by Gasteiger charge is -2.30. The van der Waals surface area contributed by atoms with E-state index < -0.39 is 6.08 Å². The number of ether oxygens (including phenoxy) is 1. The van der Waals surface area contributed by atoms with Crippen molar-refractivity contribution >= 4 is 35.7 Å². The number of hydrogen-bond acceptors (Lipinski definition) is 3. The Morgan fingerprint density at radius 2 is 1.45 bits per heavy atom. The Bertz CT molecular complexity index is 503. The third-order valence-electron chi connectivity index (χ3n) is 3.52. The summed E-state index contributed by atoms with van der Waals surface area (Å²) >= 11 is 0. The largest absolute Gasteiger partial charge is 0.566 e. The first-order valence-electron chi connectivity index (χ1n) is 7.39. The molecule has 4 nitrogen and oxygen atoms in total. The van der Waals surface area contributed by atoms with Crippen LogP contribution < -0.4 is 14.3 Å². The molecule has 0 bridgehead atoms. The van der Waals surface area contributed by atoms with Crippen LogP contribution in [0.5, 0.6) is 5.75 Å². The maximum absolute atomic E-state index is 11.6. The van der Waals surface area contributed by atoms with Gasteiger partial charge in [-0.15, -0.1) is 24.0 Å². The molecule has 0 aromatic heterocycles. The molecule has 1 aromatic rings. The highest BCUT2D eigenvalue weighted by molar-refractivity contribution is 14.0. The molecule has 0 atom stereocenters. The third-order valence-corrected chi connectivity index (χ3v) is 3.52. The Balaban J connectivity index is 0.00000441. The molecule has 0 fully saturated rings. The van der Waals surface area contributed by atoms with Crippen molar-refractivity contribution in [1.29, 1.82) is 0 Å². The Labute approximate surface area is 151 Å². The van der Waals surface area contributed by atoms with Gasteiger partial charge in [-0.1, -0.05) is 27.7 Å². The summed E-state index contributed by atoms with van der Waals surface area (Å²) in [6.07, 6.45) is -0.545. The molecule has 1 rings (SSSR count). The highest BCUT2D eigenvalue weighted by Gasteiger charge is 2.20. The van der Waals surface area contributed by atoms with Gasteiger partial charge in [0, 0.05) is 24.9 Å². The molecular formula is C17H29IN2O2. The maximum Gasteiger partial charge on any atom is 0.149 e. The molecule has 0 aliphatic heterocycles. The fourth-order valence-electron chi connectivity index (χ4n) is 2.15. The van der Waals surface area contributed by atoms with Crippen molar-refractivity contribution in [3.63, 3.8) is 0 Å². The van der Waals surface area contributed by atoms with Gasteiger partial charge in [0.15, 0.2) is 0 Å². The number of hydrogen-bond donors (Lipinski definition) is 0. The molecule has 126 valence electrons. The molecule has 0 saturated heterocycles. The van der Waals surface area contributed by atoms with Gasteiger partial charge in [0.1, 0.15) is 11.8 Å². The van der Waals surface area contributed by atoms with Crippen molar-refractivity contribution in [2.24, 2.45) is 4.99 Å². The second-order valence-electron chi connectivity index (χ2n) is 6.87. The molecular weight excluding hydrogens is 391 g/mol. The van der Waals surface area contributed by atoms with Crippen molar-refractivity contribution in [3.05, 3.63) is 23.3 Å². The van der Waals surface area contributed by atoms with E-state index in [1.54, 1.807) is 0 Å². The Hall–Kier alpha value is -0.820. The van der Waals surface area contributed by atoms with E-state index in [2.05, 4.69) is 66.0 Å². The van der Waals surface area contributed by atoms with E-state index in [0.29, 0.717) is 5.75 Å². The number of halogens is 1. The number of benzene rings is 1. The van der Waals surface area contributed by atoms with Crippen LogP contribution in [-0.4, -0.2) is 34.3 Å². The highest BCUT2D eigenvalue weighted by atomic mass is 127. The SMILES string of the molecule is CN=C([O-])Oc1c(C(C)C)cc([N+](C)(C)C)cc1C(C)C.I. The van der Waals surface area contributed by atoms with Gasteiger partial charge >= 0.3 is 0 Å². The molecule has 5 heteroatoms. The lowest BCUT2D eigenvalue weighted by Crippen LogP contribution is -2.35. The minimum atomic E-state index is -0.545. The first-order chi connectivity index (χ1) is 9.57. The number of quaternary nitrogens is 1. The van der Waals surface area contributed by atoms with Crippen LogP contribution in [0.15, 0.2) is 17.1 Å². The van der Waals surface area contributed by atoms with Gasteiger partial charge in [0.25, 0.3) is 0 Å². The van der Waals surface area contributed by atoms with Crippen LogP contribution in [0.2, 0.25) is 0 Å². The first kappa shape index (κ1) is 21.2. The Morgan fingerprint density at radius 1 is 1.05 bits per heavy atom. The van der Waals surface area contributed by atoms with Crippen molar-refractivity contribution in [3.8, 4) is 5.75 Å². The second-order valence-corrected chi connectivity index (χ2v) is 6.87. The summed E-state index contributed by atoms with van der Waals surface area (Å²) in [5.41, 5.74) is 3.32. The van der Waals surface area contributed by atoms with Gasteiger partial charge < -0.3 is 9.84 Å². The molecule has 0 heterocycles. The second kappa shape index (κ2) is 8.15. The lowest BCUT2D eigenvalue weighted by atomic mass is 9.92. The molecule has 0 aliphatic rings. The van der Waals surface area contributed by atoms with E-state index in [0.717, 1.165) is 15.6 Å². The molecule has 0 amide bonds. The normalized spacial score (nSPS) is 12.5. The average molecular weight is 420 g/mol. The van der Waals surface area contributed by atoms with Gasteiger partial charge in [0.2, 0.25) is 0 Å². The van der Waals surface area contributed by atoms with Crippen LogP contribution in [-0.2, 0) is 0 Å². The molecule has 0 radical (unpaired) electrons. The summed E-state index contributed by atoms with van der Waals surface area (Å²) in [7, 11) is 7.86. The van der Waals surface area contributed by atoms with E-state index in [9.17, 15) is 5.11 Å². The van der Waals surface area contributed by atoms with Crippen LogP contribution >= 0.6 is 24.0 Å². The van der Waals surface area contributed by atoms with E-state index in [1.807, 2.05) is 0 Å². The summed E-state index contributed by atoms with van der Waals surface area (Å²) < 4.78 is 6.23. The smallest absolute Gasteiger partial charge is 0.149 e. The zero-order valence-corrected chi connectivity index (χ0v) is 17.3. The van der Waals surface area contributed by atoms with E-state index in [-0.39, 0.29) is 35.8 Å². The molecule has 0 spiro atoms. The molecule has 22 heavy (non-hydrogen) atoms. The van der Waals surface area contributed by atoms with Crippen LogP contribution in [0.1, 0.15) is 50.7 Å². The highest BCUT2D eigenvalue weighted by Crippen LogP contribution is 2.39. The molecule has 0 N–H and O–H groups in total. The van der Waals surface area contributed by atoms with Gasteiger partial charge in [0.05, 0.1) is 21.1 Å². The number of nitrogens with zero attached hydrogens (tertiary/aromatic N) is 2. The minimum absolute atomic E-state index is 0. The fourth-order valence-corrected chi connectivity index (χ4v) is 2.15. The lowest BCUT2D eigenvalue weighted by molar-refractivity contribution is -0.240. The Morgan fingerprint density at radius 3 is 1.73 bits per heavy atom. The summed E-state index contributed by atoms with van der Waals surface area (Å²) in [5, 5.41) is 11.6. The zero-order valence-electron chi connectivity index (χ0n) is 14.9. The van der Waals surface area contributed by atoms with E-state index in [4.69, 9.17) is 4.74 Å². The first-order valence-corrected chi connectivity index (χ1v) is 7.39. The number of rotatable bonds is 4. The summed E-state index contributed by atoms with van der Waals surface area (Å²) in [6.45, 7) is 8.44. The standard InChI is InChI=1S/C17H28N2O2.HI/c1-11(2)14-9-13(19(6,7)8)10-15(12(3)4)16(14)21-17(20)18-5;/h9-12H,1-8H3;1H. The molecule has 0 aliphatic carbocycles. The van der Waals surface area contributed by atoms with E-state index >= 15 is 0 Å². The molecule has 0 saturated carbocycles. The van der Waals surface area contributed by atoms with Crippen molar-refractivity contribution in [2.75, 3.05) is 28.2 Å². The van der Waals surface area contributed by atoms with Crippen LogP contribution in [0.4, 0.5) is 5.69 Å². The predicted molar refractivity (Wildman–Crippen MR) is 104 cm³/mol. The average Bonchev–Trinajstić information content (AvgIpc) is 2.36. The van der Waals surface area contributed by atoms with Crippen molar-refractivity contribution in [1.82, 2.24) is 4.48 Å². The van der Waals surface area contributed by atoms with Gasteiger partial charge in [-0.3, -0.25) is 9.48 Å².